The average molecular weight is 267 g/mol. The van der Waals surface area contributed by atoms with Gasteiger partial charge in [0.1, 0.15) is 0 Å². The van der Waals surface area contributed by atoms with Crippen molar-refractivity contribution in [2.45, 2.75) is 31.5 Å². The molecule has 15 heavy (non-hydrogen) atoms. The maximum absolute atomic E-state index is 3.74. The fraction of sp³-hybridized carbons (Fsp3) is 0.429. The van der Waals surface area contributed by atoms with E-state index in [1.54, 1.807) is 0 Å². The second-order valence-corrected chi connectivity index (χ2v) is 4.85. The van der Waals surface area contributed by atoms with Gasteiger partial charge in [-0.3, -0.25) is 0 Å². The van der Waals surface area contributed by atoms with Crippen LogP contribution in [0.5, 0.6) is 0 Å². The maximum atomic E-state index is 3.74. The third kappa shape index (κ3) is 4.21. The van der Waals surface area contributed by atoms with Crippen molar-refractivity contribution in [3.8, 4) is 0 Å². The molecule has 1 heteroatoms. The molecule has 0 aliphatic heterocycles. The van der Waals surface area contributed by atoms with E-state index in [0.29, 0.717) is 4.83 Å². The smallest absolute Gasteiger partial charge is 0.0356 e. The van der Waals surface area contributed by atoms with Crippen molar-refractivity contribution in [1.82, 2.24) is 0 Å². The fourth-order valence-corrected chi connectivity index (χ4v) is 2.56. The van der Waals surface area contributed by atoms with Crippen LogP contribution in [0.15, 0.2) is 36.4 Å². The molecular formula is C14H19Br. The molecule has 1 rings (SSSR count). The van der Waals surface area contributed by atoms with Gasteiger partial charge in [-0.25, -0.2) is 0 Å². The Morgan fingerprint density at radius 3 is 2.27 bits per heavy atom. The van der Waals surface area contributed by atoms with E-state index < -0.39 is 0 Å². The van der Waals surface area contributed by atoms with Crippen molar-refractivity contribution in [3.05, 3.63) is 42.0 Å². The molecule has 0 fully saturated rings. The lowest BCUT2D eigenvalue weighted by Crippen LogP contribution is -2.09. The highest BCUT2D eigenvalue weighted by Crippen LogP contribution is 2.22. The summed E-state index contributed by atoms with van der Waals surface area (Å²) in [6.07, 6.45) is 6.90. The summed E-state index contributed by atoms with van der Waals surface area (Å²) in [5.74, 6) is 0.741. The van der Waals surface area contributed by atoms with E-state index in [2.05, 4.69) is 66.2 Å². The number of benzene rings is 1. The van der Waals surface area contributed by atoms with E-state index >= 15 is 0 Å². The molecule has 0 spiro atoms. The highest BCUT2D eigenvalue weighted by atomic mass is 79.9. The number of hydrogen-bond acceptors (Lipinski definition) is 0. The van der Waals surface area contributed by atoms with Gasteiger partial charge < -0.3 is 0 Å². The molecule has 1 aromatic carbocycles. The van der Waals surface area contributed by atoms with E-state index in [4.69, 9.17) is 0 Å². The maximum Gasteiger partial charge on any atom is 0.0356 e. The molecule has 0 aliphatic carbocycles. The molecule has 0 N–H and O–H groups in total. The first kappa shape index (κ1) is 12.5. The number of alkyl halides is 1. The summed E-state index contributed by atoms with van der Waals surface area (Å²) in [4.78, 5) is 0.493. The van der Waals surface area contributed by atoms with Crippen LogP contribution in [0.2, 0.25) is 0 Å². The molecule has 1 atom stereocenters. The summed E-state index contributed by atoms with van der Waals surface area (Å²) in [6.45, 7) is 4.50. The van der Waals surface area contributed by atoms with E-state index in [1.807, 2.05) is 6.07 Å². The zero-order valence-electron chi connectivity index (χ0n) is 9.49. The van der Waals surface area contributed by atoms with E-state index in [0.717, 1.165) is 5.92 Å². The molecule has 0 aromatic heterocycles. The minimum atomic E-state index is 0.493. The lowest BCUT2D eigenvalue weighted by atomic mass is 9.99. The van der Waals surface area contributed by atoms with E-state index in [1.165, 1.54) is 18.4 Å². The Kier molecular flexibility index (Phi) is 5.70. The van der Waals surface area contributed by atoms with Crippen molar-refractivity contribution in [2.75, 3.05) is 0 Å². The quantitative estimate of drug-likeness (QED) is 0.665. The van der Waals surface area contributed by atoms with Crippen molar-refractivity contribution >= 4 is 22.0 Å². The zero-order valence-corrected chi connectivity index (χ0v) is 11.1. The van der Waals surface area contributed by atoms with Crippen LogP contribution in [0.4, 0.5) is 0 Å². The Balaban J connectivity index is 2.57. The van der Waals surface area contributed by atoms with Gasteiger partial charge in [-0.15, -0.1) is 0 Å². The summed E-state index contributed by atoms with van der Waals surface area (Å²) in [6, 6.07) is 10.4. The molecule has 0 saturated carbocycles. The van der Waals surface area contributed by atoms with Gasteiger partial charge in [0.25, 0.3) is 0 Å². The number of hydrogen-bond donors (Lipinski definition) is 0. The van der Waals surface area contributed by atoms with Crippen LogP contribution in [0.1, 0.15) is 32.3 Å². The third-order valence-corrected chi connectivity index (χ3v) is 3.82. The third-order valence-electron chi connectivity index (χ3n) is 2.77. The van der Waals surface area contributed by atoms with Gasteiger partial charge in [-0.2, -0.15) is 0 Å². The van der Waals surface area contributed by atoms with Crippen molar-refractivity contribution in [1.29, 1.82) is 0 Å². The standard InChI is InChI=1S/C14H19Br/c1-3-13(4-2)14(15)11-10-12-8-6-5-7-9-12/h5-11,13-14H,3-4H2,1-2H3/b11-10+. The van der Waals surface area contributed by atoms with Gasteiger partial charge in [0.15, 0.2) is 0 Å². The van der Waals surface area contributed by atoms with Gasteiger partial charge in [0.2, 0.25) is 0 Å². The largest absolute Gasteiger partial charge is 0.0842 e. The molecule has 0 aliphatic rings. The van der Waals surface area contributed by atoms with Gasteiger partial charge in [0.05, 0.1) is 0 Å². The monoisotopic (exact) mass is 266 g/mol. The SMILES string of the molecule is CCC(CC)C(Br)/C=C/c1ccccc1. The second-order valence-electron chi connectivity index (χ2n) is 3.79. The minimum absolute atomic E-state index is 0.493. The first-order chi connectivity index (χ1) is 7.27. The molecule has 0 amide bonds. The molecule has 0 saturated heterocycles. The minimum Gasteiger partial charge on any atom is -0.0842 e. The number of allylic oxidation sites excluding steroid dienone is 1. The lowest BCUT2D eigenvalue weighted by molar-refractivity contribution is 0.515. The Labute approximate surface area is 102 Å². The van der Waals surface area contributed by atoms with Crippen LogP contribution in [0.25, 0.3) is 6.08 Å². The second kappa shape index (κ2) is 6.84. The van der Waals surface area contributed by atoms with Crippen molar-refractivity contribution < 1.29 is 0 Å². The van der Waals surface area contributed by atoms with Crippen LogP contribution in [-0.2, 0) is 0 Å². The fourth-order valence-electron chi connectivity index (χ4n) is 1.66. The molecule has 82 valence electrons. The van der Waals surface area contributed by atoms with Gasteiger partial charge in [-0.1, -0.05) is 85.1 Å². The molecule has 0 heterocycles. The number of rotatable bonds is 5. The summed E-state index contributed by atoms with van der Waals surface area (Å²) >= 11 is 3.74. The summed E-state index contributed by atoms with van der Waals surface area (Å²) in [7, 11) is 0. The average Bonchev–Trinajstić information content (AvgIpc) is 2.29. The summed E-state index contributed by atoms with van der Waals surface area (Å²) < 4.78 is 0. The molecule has 0 bridgehead atoms. The molecule has 1 aromatic rings. The Morgan fingerprint density at radius 2 is 1.73 bits per heavy atom. The zero-order chi connectivity index (χ0) is 11.1. The first-order valence-corrected chi connectivity index (χ1v) is 6.56. The van der Waals surface area contributed by atoms with E-state index in [-0.39, 0.29) is 0 Å². The molecular weight excluding hydrogens is 248 g/mol. The van der Waals surface area contributed by atoms with Crippen LogP contribution < -0.4 is 0 Å². The Morgan fingerprint density at radius 1 is 1.13 bits per heavy atom. The first-order valence-electron chi connectivity index (χ1n) is 5.65. The Hall–Kier alpha value is -0.560. The van der Waals surface area contributed by atoms with Crippen LogP contribution in [0, 0.1) is 5.92 Å². The number of halogens is 1. The molecule has 1 unspecified atom stereocenters. The summed E-state index contributed by atoms with van der Waals surface area (Å²) in [5, 5.41) is 0. The normalized spacial score (nSPS) is 13.6. The van der Waals surface area contributed by atoms with Gasteiger partial charge in [-0.05, 0) is 11.5 Å². The molecule has 0 nitrogen and oxygen atoms in total. The lowest BCUT2D eigenvalue weighted by Gasteiger charge is -2.15. The van der Waals surface area contributed by atoms with Crippen LogP contribution >= 0.6 is 15.9 Å². The topological polar surface area (TPSA) is 0 Å². The predicted molar refractivity (Wildman–Crippen MR) is 72.3 cm³/mol. The van der Waals surface area contributed by atoms with Crippen molar-refractivity contribution in [2.24, 2.45) is 5.92 Å². The Bertz CT molecular complexity index is 285. The van der Waals surface area contributed by atoms with Gasteiger partial charge in [0, 0.05) is 4.83 Å². The summed E-state index contributed by atoms with van der Waals surface area (Å²) in [5.41, 5.74) is 1.27. The van der Waals surface area contributed by atoms with E-state index in [9.17, 15) is 0 Å². The highest BCUT2D eigenvalue weighted by Gasteiger charge is 2.11. The van der Waals surface area contributed by atoms with Crippen molar-refractivity contribution in [3.63, 3.8) is 0 Å². The predicted octanol–water partition coefficient (Wildman–Crippen LogP) is 4.90. The highest BCUT2D eigenvalue weighted by molar-refractivity contribution is 9.09. The molecule has 0 radical (unpaired) electrons. The van der Waals surface area contributed by atoms with Crippen LogP contribution in [0.3, 0.4) is 0 Å². The van der Waals surface area contributed by atoms with Crippen LogP contribution in [-0.4, -0.2) is 4.83 Å². The van der Waals surface area contributed by atoms with Gasteiger partial charge >= 0.3 is 0 Å².